The van der Waals surface area contributed by atoms with Crippen LogP contribution in [0, 0.1) is 30.3 Å². The lowest BCUT2D eigenvalue weighted by Crippen LogP contribution is -2.04. The summed E-state index contributed by atoms with van der Waals surface area (Å²) < 4.78 is 1.28. The summed E-state index contributed by atoms with van der Waals surface area (Å²) in [6, 6.07) is 28.1. The average Bonchev–Trinajstić information content (AvgIpc) is 3.38. The first-order valence-electron chi connectivity index (χ1n) is 11.3. The highest BCUT2D eigenvalue weighted by atomic mass is 16.6. The van der Waals surface area contributed by atoms with E-state index in [2.05, 4.69) is 5.10 Å². The van der Waals surface area contributed by atoms with Gasteiger partial charge < -0.3 is 0 Å². The molecule has 0 fully saturated rings. The highest BCUT2D eigenvalue weighted by Crippen LogP contribution is 2.35. The molecule has 11 heteroatoms. The Morgan fingerprint density at radius 3 is 1.82 bits per heavy atom. The predicted molar refractivity (Wildman–Crippen MR) is 140 cm³/mol. The van der Waals surface area contributed by atoms with Crippen molar-refractivity contribution in [2.45, 2.75) is 0 Å². The maximum Gasteiger partial charge on any atom is 0.301 e. The lowest BCUT2D eigenvalue weighted by Gasteiger charge is -2.08. The predicted octanol–water partition coefficient (Wildman–Crippen LogP) is 6.60. The van der Waals surface area contributed by atoms with E-state index in [0.717, 1.165) is 23.3 Å². The van der Waals surface area contributed by atoms with Gasteiger partial charge in [-0.25, -0.2) is 4.68 Å². The number of nitro groups is 3. The van der Waals surface area contributed by atoms with Crippen LogP contribution in [0.4, 0.5) is 17.1 Å². The lowest BCUT2D eigenvalue weighted by molar-refractivity contribution is -0.394. The second-order valence-corrected chi connectivity index (χ2v) is 8.26. The van der Waals surface area contributed by atoms with E-state index in [-0.39, 0.29) is 11.4 Å². The molecule has 0 unspecified atom stereocenters. The fourth-order valence-electron chi connectivity index (χ4n) is 4.11. The van der Waals surface area contributed by atoms with Gasteiger partial charge >= 0.3 is 5.69 Å². The smallest absolute Gasteiger partial charge is 0.258 e. The van der Waals surface area contributed by atoms with Crippen LogP contribution in [-0.2, 0) is 0 Å². The van der Waals surface area contributed by atoms with E-state index in [4.69, 9.17) is 0 Å². The topological polar surface area (TPSA) is 147 Å². The third kappa shape index (κ3) is 4.58. The van der Waals surface area contributed by atoms with Crippen molar-refractivity contribution in [3.8, 4) is 39.3 Å². The van der Waals surface area contributed by atoms with Crippen LogP contribution in [0.2, 0.25) is 0 Å². The minimum Gasteiger partial charge on any atom is -0.258 e. The average molecular weight is 507 g/mol. The minimum atomic E-state index is -0.727. The van der Waals surface area contributed by atoms with Gasteiger partial charge in [0.1, 0.15) is 5.69 Å². The van der Waals surface area contributed by atoms with Crippen molar-refractivity contribution in [3.63, 3.8) is 0 Å². The first kappa shape index (κ1) is 24.0. The van der Waals surface area contributed by atoms with Gasteiger partial charge in [0, 0.05) is 29.3 Å². The quantitative estimate of drug-likeness (QED) is 0.178. The Morgan fingerprint density at radius 2 is 1.16 bits per heavy atom. The third-order valence-corrected chi connectivity index (χ3v) is 5.94. The normalized spacial score (nSPS) is 10.7. The molecule has 1 heterocycles. The molecule has 0 saturated carbocycles. The third-order valence-electron chi connectivity index (χ3n) is 5.94. The van der Waals surface area contributed by atoms with Gasteiger partial charge in [-0.05, 0) is 23.3 Å². The number of hydrogen-bond acceptors (Lipinski definition) is 7. The molecule has 0 atom stereocenters. The molecule has 5 rings (SSSR count). The Kier molecular flexibility index (Phi) is 6.15. The van der Waals surface area contributed by atoms with Gasteiger partial charge in [0.05, 0.1) is 32.2 Å². The van der Waals surface area contributed by atoms with Crippen LogP contribution in [-0.4, -0.2) is 24.6 Å². The minimum absolute atomic E-state index is 0.0192. The van der Waals surface area contributed by atoms with Gasteiger partial charge in [0.25, 0.3) is 11.4 Å². The van der Waals surface area contributed by atoms with Crippen molar-refractivity contribution in [1.82, 2.24) is 9.78 Å². The first-order chi connectivity index (χ1) is 18.3. The maximum atomic E-state index is 11.9. The zero-order chi connectivity index (χ0) is 26.8. The SMILES string of the molecule is O=[N+]([O-])c1cccc(-c2cc(-c3ccc(-c4ccccc4)cc3)nn2-c2ccc([N+](=O)[O-])cc2[N+](=O)[O-])c1. The van der Waals surface area contributed by atoms with Gasteiger partial charge in [-0.15, -0.1) is 0 Å². The monoisotopic (exact) mass is 507 g/mol. The van der Waals surface area contributed by atoms with E-state index >= 15 is 0 Å². The summed E-state index contributed by atoms with van der Waals surface area (Å²) >= 11 is 0. The van der Waals surface area contributed by atoms with Crippen LogP contribution in [0.1, 0.15) is 0 Å². The molecule has 0 radical (unpaired) electrons. The molecule has 5 aromatic rings. The van der Waals surface area contributed by atoms with E-state index in [1.54, 1.807) is 12.1 Å². The first-order valence-corrected chi connectivity index (χ1v) is 11.3. The molecule has 38 heavy (non-hydrogen) atoms. The summed E-state index contributed by atoms with van der Waals surface area (Å²) in [6.07, 6.45) is 0. The van der Waals surface area contributed by atoms with Crippen molar-refractivity contribution in [2.24, 2.45) is 0 Å². The fourth-order valence-corrected chi connectivity index (χ4v) is 4.11. The standard InChI is InChI=1S/C27H17N5O6/c33-30(34)22-8-4-7-21(15-22)26-17-24(20-11-9-19(10-12-20)18-5-2-1-3-6-18)28-29(26)25-14-13-23(31(35)36)16-27(25)32(37)38/h1-17H. The highest BCUT2D eigenvalue weighted by Gasteiger charge is 2.25. The Morgan fingerprint density at radius 1 is 0.553 bits per heavy atom. The molecule has 0 bridgehead atoms. The van der Waals surface area contributed by atoms with Crippen LogP contribution < -0.4 is 0 Å². The number of rotatable bonds is 7. The summed E-state index contributed by atoms with van der Waals surface area (Å²) in [5, 5.41) is 39.1. The van der Waals surface area contributed by atoms with Crippen LogP contribution >= 0.6 is 0 Å². The second-order valence-electron chi connectivity index (χ2n) is 8.26. The summed E-state index contributed by atoms with van der Waals surface area (Å²) in [7, 11) is 0. The van der Waals surface area contributed by atoms with Crippen molar-refractivity contribution in [2.75, 3.05) is 0 Å². The molecule has 0 N–H and O–H groups in total. The molecule has 0 spiro atoms. The van der Waals surface area contributed by atoms with Crippen molar-refractivity contribution < 1.29 is 14.8 Å². The number of aromatic nitrogens is 2. The number of benzene rings is 4. The summed E-state index contributed by atoms with van der Waals surface area (Å²) in [5.74, 6) is 0. The van der Waals surface area contributed by atoms with Crippen LogP contribution in [0.5, 0.6) is 0 Å². The second kappa shape index (κ2) is 9.74. The molecule has 1 aromatic heterocycles. The molecule has 0 saturated heterocycles. The molecule has 0 aliphatic heterocycles. The Balaban J connectivity index is 1.68. The molecule has 0 amide bonds. The Hall–Kier alpha value is -5.71. The van der Waals surface area contributed by atoms with E-state index in [0.29, 0.717) is 22.5 Å². The van der Waals surface area contributed by atoms with Crippen LogP contribution in [0.25, 0.3) is 39.3 Å². The van der Waals surface area contributed by atoms with Gasteiger partial charge in [-0.3, -0.25) is 30.3 Å². The molecule has 11 nitrogen and oxygen atoms in total. The molecule has 4 aromatic carbocycles. The molecule has 0 aliphatic rings. The zero-order valence-electron chi connectivity index (χ0n) is 19.5. The number of nitrogens with zero attached hydrogens (tertiary/aromatic N) is 5. The Labute approximate surface area is 214 Å². The van der Waals surface area contributed by atoms with Crippen molar-refractivity contribution >= 4 is 17.1 Å². The van der Waals surface area contributed by atoms with E-state index < -0.39 is 26.1 Å². The maximum absolute atomic E-state index is 11.9. The van der Waals surface area contributed by atoms with Crippen molar-refractivity contribution in [3.05, 3.63) is 133 Å². The van der Waals surface area contributed by atoms with E-state index in [1.165, 1.54) is 28.9 Å². The molecular weight excluding hydrogens is 490 g/mol. The van der Waals surface area contributed by atoms with Gasteiger partial charge in [-0.1, -0.05) is 66.7 Å². The Bertz CT molecular complexity index is 1700. The molecule has 0 aliphatic carbocycles. The number of hydrogen-bond donors (Lipinski definition) is 0. The van der Waals surface area contributed by atoms with E-state index in [1.807, 2.05) is 54.6 Å². The molecule has 186 valence electrons. The molecular formula is C27H17N5O6. The lowest BCUT2D eigenvalue weighted by atomic mass is 10.0. The number of non-ortho nitro benzene ring substituents is 2. The fraction of sp³-hybridized carbons (Fsp3) is 0. The van der Waals surface area contributed by atoms with Crippen molar-refractivity contribution in [1.29, 1.82) is 0 Å². The van der Waals surface area contributed by atoms with Gasteiger partial charge in [-0.2, -0.15) is 5.10 Å². The summed E-state index contributed by atoms with van der Waals surface area (Å²) in [6.45, 7) is 0. The van der Waals surface area contributed by atoms with Gasteiger partial charge in [0.15, 0.2) is 0 Å². The summed E-state index contributed by atoms with van der Waals surface area (Å²) in [4.78, 5) is 32.5. The zero-order valence-corrected chi connectivity index (χ0v) is 19.5. The van der Waals surface area contributed by atoms with Crippen LogP contribution in [0.15, 0.2) is 103 Å². The van der Waals surface area contributed by atoms with Gasteiger partial charge in [0.2, 0.25) is 0 Å². The number of nitro benzene ring substituents is 3. The largest absolute Gasteiger partial charge is 0.301 e. The summed E-state index contributed by atoms with van der Waals surface area (Å²) in [5.41, 5.74) is 2.76. The van der Waals surface area contributed by atoms with Crippen LogP contribution in [0.3, 0.4) is 0 Å². The highest BCUT2D eigenvalue weighted by molar-refractivity contribution is 5.75. The van der Waals surface area contributed by atoms with E-state index in [9.17, 15) is 30.3 Å².